The van der Waals surface area contributed by atoms with Gasteiger partial charge < -0.3 is 9.47 Å². The minimum Gasteiger partial charge on any atom is -0.496 e. The summed E-state index contributed by atoms with van der Waals surface area (Å²) in [6, 6.07) is 27.1. The van der Waals surface area contributed by atoms with Crippen LogP contribution in [0.25, 0.3) is 10.8 Å². The van der Waals surface area contributed by atoms with Crippen LogP contribution in [0.1, 0.15) is 21.5 Å². The van der Waals surface area contributed by atoms with Crippen LogP contribution in [0.2, 0.25) is 0 Å². The van der Waals surface area contributed by atoms with Gasteiger partial charge in [0.1, 0.15) is 18.1 Å². The molecule has 0 atom stereocenters. The second-order valence-electron chi connectivity index (χ2n) is 7.02. The predicted molar refractivity (Wildman–Crippen MR) is 130 cm³/mol. The second kappa shape index (κ2) is 10.1. The summed E-state index contributed by atoms with van der Waals surface area (Å²) in [7, 11) is 1.52. The largest absolute Gasteiger partial charge is 0.496 e. The van der Waals surface area contributed by atoms with Gasteiger partial charge in [-0.25, -0.2) is 5.43 Å². The van der Waals surface area contributed by atoms with Gasteiger partial charge in [-0.05, 0) is 40.6 Å². The Balaban J connectivity index is 1.60. The van der Waals surface area contributed by atoms with Crippen LogP contribution in [0.3, 0.4) is 0 Å². The molecule has 1 N–H and O–H groups in total. The average molecular weight is 489 g/mol. The summed E-state index contributed by atoms with van der Waals surface area (Å²) in [4.78, 5) is 12.7. The van der Waals surface area contributed by atoms with E-state index in [0.717, 1.165) is 26.4 Å². The quantitative estimate of drug-likeness (QED) is 0.258. The Morgan fingerprint density at radius 2 is 1.72 bits per heavy atom. The van der Waals surface area contributed by atoms with Crippen LogP contribution in [0.5, 0.6) is 11.5 Å². The summed E-state index contributed by atoms with van der Waals surface area (Å²) in [5.74, 6) is 0.787. The standard InChI is InChI=1S/C26H21BrN2O3/c1-31-24-14-12-20(27)15-22(24)26(30)29-28-16-23-21-10-6-5-9-19(21)11-13-25(23)32-17-18-7-3-2-4-8-18/h2-16H,17H2,1H3,(H,29,30)/b28-16-. The van der Waals surface area contributed by atoms with E-state index in [1.807, 2.05) is 72.8 Å². The molecule has 5 nitrogen and oxygen atoms in total. The van der Waals surface area contributed by atoms with E-state index in [1.54, 1.807) is 18.3 Å². The van der Waals surface area contributed by atoms with Crippen LogP contribution in [-0.2, 0) is 6.61 Å². The molecular weight excluding hydrogens is 468 g/mol. The lowest BCUT2D eigenvalue weighted by molar-refractivity contribution is 0.0952. The highest BCUT2D eigenvalue weighted by molar-refractivity contribution is 9.10. The number of nitrogens with zero attached hydrogens (tertiary/aromatic N) is 1. The van der Waals surface area contributed by atoms with Gasteiger partial charge in [-0.3, -0.25) is 4.79 Å². The summed E-state index contributed by atoms with van der Waals surface area (Å²) >= 11 is 3.38. The molecule has 0 bridgehead atoms. The first kappa shape index (κ1) is 21.6. The number of amides is 1. The minimum absolute atomic E-state index is 0.369. The first-order chi connectivity index (χ1) is 15.7. The number of hydrazone groups is 1. The van der Waals surface area contributed by atoms with Crippen molar-refractivity contribution in [3.05, 3.63) is 106 Å². The van der Waals surface area contributed by atoms with Gasteiger partial charge in [0.15, 0.2) is 0 Å². The van der Waals surface area contributed by atoms with Crippen molar-refractivity contribution in [1.82, 2.24) is 5.43 Å². The monoisotopic (exact) mass is 488 g/mol. The molecule has 0 aliphatic carbocycles. The van der Waals surface area contributed by atoms with Crippen LogP contribution < -0.4 is 14.9 Å². The van der Waals surface area contributed by atoms with E-state index < -0.39 is 0 Å². The zero-order chi connectivity index (χ0) is 22.3. The van der Waals surface area contributed by atoms with Crippen LogP contribution in [0.4, 0.5) is 0 Å². The summed E-state index contributed by atoms with van der Waals surface area (Å²) in [5.41, 5.74) is 4.84. The number of benzene rings is 4. The SMILES string of the molecule is COc1ccc(Br)cc1C(=O)N/N=C\c1c(OCc2ccccc2)ccc2ccccc12. The molecule has 0 fully saturated rings. The minimum atomic E-state index is -0.369. The molecule has 0 spiro atoms. The smallest absolute Gasteiger partial charge is 0.275 e. The Morgan fingerprint density at radius 3 is 2.53 bits per heavy atom. The molecule has 4 rings (SSSR count). The number of carbonyl (C=O) groups is 1. The average Bonchev–Trinajstić information content (AvgIpc) is 2.83. The summed E-state index contributed by atoms with van der Waals surface area (Å²) < 4.78 is 12.2. The summed E-state index contributed by atoms with van der Waals surface area (Å²) in [6.07, 6.45) is 1.62. The van der Waals surface area contributed by atoms with Crippen molar-refractivity contribution in [3.8, 4) is 11.5 Å². The molecule has 0 aliphatic rings. The number of nitrogens with one attached hydrogen (secondary N) is 1. The van der Waals surface area contributed by atoms with E-state index in [0.29, 0.717) is 23.7 Å². The molecule has 4 aromatic carbocycles. The maximum atomic E-state index is 12.7. The molecule has 0 radical (unpaired) electrons. The van der Waals surface area contributed by atoms with E-state index in [9.17, 15) is 4.79 Å². The molecule has 0 unspecified atom stereocenters. The van der Waals surface area contributed by atoms with Crippen molar-refractivity contribution in [3.63, 3.8) is 0 Å². The van der Waals surface area contributed by atoms with Crippen molar-refractivity contribution in [1.29, 1.82) is 0 Å². The van der Waals surface area contributed by atoms with Crippen molar-refractivity contribution in [2.45, 2.75) is 6.61 Å². The lowest BCUT2D eigenvalue weighted by Gasteiger charge is -2.12. The first-order valence-electron chi connectivity index (χ1n) is 10.0. The number of fused-ring (bicyclic) bond motifs is 1. The molecule has 0 saturated carbocycles. The number of hydrogen-bond acceptors (Lipinski definition) is 4. The molecule has 4 aromatic rings. The van der Waals surface area contributed by atoms with Gasteiger partial charge in [-0.2, -0.15) is 5.10 Å². The molecule has 32 heavy (non-hydrogen) atoms. The molecule has 160 valence electrons. The Bertz CT molecular complexity index is 1270. The normalized spacial score (nSPS) is 10.9. The molecule has 0 heterocycles. The third kappa shape index (κ3) is 4.98. The fourth-order valence-electron chi connectivity index (χ4n) is 3.34. The summed E-state index contributed by atoms with van der Waals surface area (Å²) in [5, 5.41) is 6.25. The van der Waals surface area contributed by atoms with E-state index in [2.05, 4.69) is 26.5 Å². The van der Waals surface area contributed by atoms with E-state index in [1.165, 1.54) is 7.11 Å². The molecule has 1 amide bonds. The third-order valence-electron chi connectivity index (χ3n) is 4.93. The Labute approximate surface area is 194 Å². The first-order valence-corrected chi connectivity index (χ1v) is 10.8. The number of halogens is 1. The number of ether oxygens (including phenoxy) is 2. The number of methoxy groups -OCH3 is 1. The fourth-order valence-corrected chi connectivity index (χ4v) is 3.70. The maximum absolute atomic E-state index is 12.7. The van der Waals surface area contributed by atoms with E-state index in [-0.39, 0.29) is 5.91 Å². The van der Waals surface area contributed by atoms with Crippen LogP contribution >= 0.6 is 15.9 Å². The van der Waals surface area contributed by atoms with Gasteiger partial charge in [-0.15, -0.1) is 0 Å². The van der Waals surface area contributed by atoms with Crippen LogP contribution in [0.15, 0.2) is 94.5 Å². The second-order valence-corrected chi connectivity index (χ2v) is 7.93. The zero-order valence-corrected chi connectivity index (χ0v) is 19.0. The van der Waals surface area contributed by atoms with Crippen molar-refractivity contribution >= 4 is 38.8 Å². The summed E-state index contributed by atoms with van der Waals surface area (Å²) in [6.45, 7) is 0.432. The number of hydrogen-bond donors (Lipinski definition) is 1. The van der Waals surface area contributed by atoms with Crippen LogP contribution in [-0.4, -0.2) is 19.2 Å². The molecule has 0 saturated heterocycles. The molecule has 0 aromatic heterocycles. The Morgan fingerprint density at radius 1 is 0.969 bits per heavy atom. The van der Waals surface area contributed by atoms with Crippen LogP contribution in [0, 0.1) is 0 Å². The van der Waals surface area contributed by atoms with E-state index in [4.69, 9.17) is 9.47 Å². The molecule has 0 aliphatic heterocycles. The Hall–Kier alpha value is -3.64. The number of rotatable bonds is 7. The van der Waals surface area contributed by atoms with Gasteiger partial charge in [0.25, 0.3) is 5.91 Å². The zero-order valence-electron chi connectivity index (χ0n) is 17.4. The number of carbonyl (C=O) groups excluding carboxylic acids is 1. The lowest BCUT2D eigenvalue weighted by Crippen LogP contribution is -2.18. The lowest BCUT2D eigenvalue weighted by atomic mass is 10.0. The molecule has 6 heteroatoms. The predicted octanol–water partition coefficient (Wildman–Crippen LogP) is 5.95. The molecular formula is C26H21BrN2O3. The highest BCUT2D eigenvalue weighted by Crippen LogP contribution is 2.27. The highest BCUT2D eigenvalue weighted by atomic mass is 79.9. The van der Waals surface area contributed by atoms with Gasteiger partial charge in [0.05, 0.1) is 18.9 Å². The van der Waals surface area contributed by atoms with Gasteiger partial charge in [-0.1, -0.05) is 76.6 Å². The van der Waals surface area contributed by atoms with Crippen molar-refractivity contribution in [2.75, 3.05) is 7.11 Å². The van der Waals surface area contributed by atoms with Crippen molar-refractivity contribution < 1.29 is 14.3 Å². The van der Waals surface area contributed by atoms with Gasteiger partial charge in [0, 0.05) is 10.0 Å². The maximum Gasteiger partial charge on any atom is 0.275 e. The Kier molecular flexibility index (Phi) is 6.82. The topological polar surface area (TPSA) is 59.9 Å². The highest BCUT2D eigenvalue weighted by Gasteiger charge is 2.13. The van der Waals surface area contributed by atoms with Crippen molar-refractivity contribution in [2.24, 2.45) is 5.10 Å². The van der Waals surface area contributed by atoms with E-state index >= 15 is 0 Å². The third-order valence-corrected chi connectivity index (χ3v) is 5.43. The van der Waals surface area contributed by atoms with Gasteiger partial charge in [0.2, 0.25) is 0 Å². The van der Waals surface area contributed by atoms with Gasteiger partial charge >= 0.3 is 0 Å². The fraction of sp³-hybridized carbons (Fsp3) is 0.0769.